The van der Waals surface area contributed by atoms with Crippen LogP contribution in [0, 0.1) is 3.57 Å². The van der Waals surface area contributed by atoms with Gasteiger partial charge in [0.2, 0.25) is 5.90 Å². The van der Waals surface area contributed by atoms with Gasteiger partial charge in [0.25, 0.3) is 0 Å². The van der Waals surface area contributed by atoms with E-state index in [9.17, 15) is 4.79 Å². The second kappa shape index (κ2) is 9.97. The van der Waals surface area contributed by atoms with Gasteiger partial charge in [0, 0.05) is 13.6 Å². The number of nitrogens with zero attached hydrogens (tertiary/aromatic N) is 1. The maximum Gasteiger partial charge on any atom is 0.363 e. The van der Waals surface area contributed by atoms with E-state index in [1.54, 1.807) is 6.08 Å². The van der Waals surface area contributed by atoms with Gasteiger partial charge in [-0.25, -0.2) is 9.79 Å². The van der Waals surface area contributed by atoms with Crippen molar-refractivity contribution in [3.8, 4) is 5.75 Å². The molecule has 0 aliphatic carbocycles. The Morgan fingerprint density at radius 3 is 2.26 bits per heavy atom. The summed E-state index contributed by atoms with van der Waals surface area (Å²) in [5, 5.41) is 0. The zero-order chi connectivity index (χ0) is 22.0. The van der Waals surface area contributed by atoms with Gasteiger partial charge < -0.3 is 9.47 Å². The van der Waals surface area contributed by atoms with Crippen LogP contribution in [-0.2, 0) is 16.1 Å². The highest BCUT2D eigenvalue weighted by Gasteiger charge is 2.24. The molecule has 3 aromatic carbocycles. The molecule has 0 saturated heterocycles. The monoisotopic (exact) mass is 715 g/mol. The predicted octanol–water partition coefficient (Wildman–Crippen LogP) is 7.50. The normalized spacial score (nSPS) is 14.5. The van der Waals surface area contributed by atoms with Crippen LogP contribution < -0.4 is 4.74 Å². The fourth-order valence-electron chi connectivity index (χ4n) is 2.82. The number of hydrogen-bond acceptors (Lipinski definition) is 4. The molecule has 31 heavy (non-hydrogen) atoms. The van der Waals surface area contributed by atoms with E-state index in [4.69, 9.17) is 9.47 Å². The number of carbonyl (C=O) groups is 1. The molecule has 0 radical (unpaired) electrons. The van der Waals surface area contributed by atoms with Crippen LogP contribution in [0.15, 0.2) is 84.8 Å². The lowest BCUT2D eigenvalue weighted by atomic mass is 10.2. The van der Waals surface area contributed by atoms with E-state index < -0.39 is 5.97 Å². The van der Waals surface area contributed by atoms with Crippen LogP contribution in [0.5, 0.6) is 5.75 Å². The predicted molar refractivity (Wildman–Crippen MR) is 140 cm³/mol. The maximum absolute atomic E-state index is 12.3. The van der Waals surface area contributed by atoms with Crippen LogP contribution in [-0.4, -0.2) is 11.9 Å². The average molecular weight is 718 g/mol. The molecule has 4 nitrogen and oxygen atoms in total. The first-order valence-corrected chi connectivity index (χ1v) is 12.5. The third-order valence-electron chi connectivity index (χ3n) is 4.33. The maximum atomic E-state index is 12.3. The van der Waals surface area contributed by atoms with Gasteiger partial charge in [-0.2, -0.15) is 0 Å². The summed E-state index contributed by atoms with van der Waals surface area (Å²) < 4.78 is 15.0. The van der Waals surface area contributed by atoms with Gasteiger partial charge >= 0.3 is 5.97 Å². The van der Waals surface area contributed by atoms with Gasteiger partial charge in [-0.3, -0.25) is 0 Å². The lowest BCUT2D eigenvalue weighted by Crippen LogP contribution is -2.05. The molecule has 3 aromatic rings. The molecule has 0 bridgehead atoms. The quantitative estimate of drug-likeness (QED) is 0.156. The van der Waals surface area contributed by atoms with Crippen molar-refractivity contribution < 1.29 is 14.3 Å². The van der Waals surface area contributed by atoms with Crippen molar-refractivity contribution >= 4 is 88.3 Å². The number of hydrogen-bond donors (Lipinski definition) is 0. The first kappa shape index (κ1) is 22.7. The van der Waals surface area contributed by atoms with Crippen LogP contribution in [0.2, 0.25) is 0 Å². The minimum absolute atomic E-state index is 0.240. The lowest BCUT2D eigenvalue weighted by molar-refractivity contribution is -0.129. The second-order valence-corrected chi connectivity index (χ2v) is 10.4. The Morgan fingerprint density at radius 1 is 0.968 bits per heavy atom. The largest absolute Gasteiger partial charge is 0.487 e. The molecule has 0 unspecified atom stereocenters. The molecule has 0 fully saturated rings. The number of rotatable bonds is 5. The molecule has 0 saturated carbocycles. The molecule has 156 valence electrons. The fourth-order valence-corrected chi connectivity index (χ4v) is 4.89. The molecule has 4 rings (SSSR count). The van der Waals surface area contributed by atoms with Crippen LogP contribution in [0.3, 0.4) is 0 Å². The molecule has 0 N–H and O–H groups in total. The molecular formula is C23H13Br3INO3. The van der Waals surface area contributed by atoms with Crippen LogP contribution >= 0.6 is 70.4 Å². The molecule has 0 aromatic heterocycles. The van der Waals surface area contributed by atoms with E-state index in [1.807, 2.05) is 60.7 Å². The van der Waals surface area contributed by atoms with Gasteiger partial charge in [-0.05, 0) is 120 Å². The summed E-state index contributed by atoms with van der Waals surface area (Å²) in [6.07, 6.45) is 1.69. The van der Waals surface area contributed by atoms with Gasteiger partial charge in [0.1, 0.15) is 12.4 Å². The number of aliphatic imine (C=N–C) groups is 1. The molecule has 1 heterocycles. The third-order valence-corrected chi connectivity index (χ3v) is 6.76. The van der Waals surface area contributed by atoms with Crippen molar-refractivity contribution in [2.45, 2.75) is 6.61 Å². The van der Waals surface area contributed by atoms with Gasteiger partial charge in [-0.15, -0.1) is 0 Å². The van der Waals surface area contributed by atoms with E-state index in [0.29, 0.717) is 18.3 Å². The van der Waals surface area contributed by atoms with E-state index in [1.165, 1.54) is 3.57 Å². The zero-order valence-electron chi connectivity index (χ0n) is 15.7. The summed E-state index contributed by atoms with van der Waals surface area (Å²) in [5.74, 6) is 0.498. The summed E-state index contributed by atoms with van der Waals surface area (Å²) >= 11 is 12.8. The number of carbonyl (C=O) groups excluding carboxylic acids is 1. The Hall–Kier alpha value is -1.49. The van der Waals surface area contributed by atoms with Crippen molar-refractivity contribution in [1.82, 2.24) is 0 Å². The van der Waals surface area contributed by atoms with Gasteiger partial charge in [0.15, 0.2) is 5.70 Å². The Kier molecular flexibility index (Phi) is 7.30. The van der Waals surface area contributed by atoms with Crippen LogP contribution in [0.4, 0.5) is 0 Å². The van der Waals surface area contributed by atoms with Crippen LogP contribution in [0.1, 0.15) is 16.7 Å². The first-order valence-electron chi connectivity index (χ1n) is 9.04. The van der Waals surface area contributed by atoms with Gasteiger partial charge in [0.05, 0.1) is 8.95 Å². The van der Waals surface area contributed by atoms with E-state index in [2.05, 4.69) is 75.4 Å². The first-order chi connectivity index (χ1) is 14.9. The molecule has 0 amide bonds. The lowest BCUT2D eigenvalue weighted by Gasteiger charge is -2.11. The van der Waals surface area contributed by atoms with Crippen molar-refractivity contribution in [3.63, 3.8) is 0 Å². The van der Waals surface area contributed by atoms with Gasteiger partial charge in [-0.1, -0.05) is 28.1 Å². The minimum Gasteiger partial charge on any atom is -0.487 e. The SMILES string of the molecule is O=C1OC(c2ccc(Br)cc2)=N/C1=C\c1cc(Br)c(OCc2ccc(I)cc2)c(Br)c1. The Morgan fingerprint density at radius 2 is 1.61 bits per heavy atom. The molecule has 0 atom stereocenters. The number of ether oxygens (including phenoxy) is 2. The number of benzene rings is 3. The second-order valence-electron chi connectivity index (χ2n) is 6.57. The van der Waals surface area contributed by atoms with Crippen molar-refractivity contribution in [2.24, 2.45) is 4.99 Å². The van der Waals surface area contributed by atoms with Crippen molar-refractivity contribution in [2.75, 3.05) is 0 Å². The highest BCUT2D eigenvalue weighted by molar-refractivity contribution is 14.1. The average Bonchev–Trinajstić information content (AvgIpc) is 3.09. The van der Waals surface area contributed by atoms with Crippen molar-refractivity contribution in [3.05, 3.63) is 100 Å². The summed E-state index contributed by atoms with van der Waals surface area (Å²) in [7, 11) is 0. The number of halogens is 4. The molecule has 8 heteroatoms. The Bertz CT molecular complexity index is 1180. The van der Waals surface area contributed by atoms with E-state index in [-0.39, 0.29) is 5.70 Å². The molecule has 1 aliphatic heterocycles. The Labute approximate surface area is 218 Å². The fraction of sp³-hybridized carbons (Fsp3) is 0.0435. The number of esters is 1. The summed E-state index contributed by atoms with van der Waals surface area (Å²) in [6.45, 7) is 0.446. The molecular weight excluding hydrogens is 705 g/mol. The summed E-state index contributed by atoms with van der Waals surface area (Å²) in [6, 6.07) is 19.3. The highest BCUT2D eigenvalue weighted by Crippen LogP contribution is 2.36. The van der Waals surface area contributed by atoms with E-state index in [0.717, 1.165) is 30.1 Å². The highest BCUT2D eigenvalue weighted by atomic mass is 127. The molecule has 1 aliphatic rings. The topological polar surface area (TPSA) is 47.9 Å². The van der Waals surface area contributed by atoms with Crippen molar-refractivity contribution in [1.29, 1.82) is 0 Å². The third kappa shape index (κ3) is 5.66. The zero-order valence-corrected chi connectivity index (χ0v) is 22.7. The van der Waals surface area contributed by atoms with Crippen LogP contribution in [0.25, 0.3) is 6.08 Å². The summed E-state index contributed by atoms with van der Waals surface area (Å²) in [5.41, 5.74) is 2.84. The number of cyclic esters (lactones) is 1. The smallest absolute Gasteiger partial charge is 0.363 e. The van der Waals surface area contributed by atoms with E-state index >= 15 is 0 Å². The molecule has 0 spiro atoms. The standard InChI is InChI=1S/C23H13Br3INO3/c24-16-5-3-15(4-6-16)22-28-20(23(29)31-22)11-14-9-18(25)21(19(26)10-14)30-12-13-1-7-17(27)8-2-13/h1-11H,12H2/b20-11-. The minimum atomic E-state index is -0.482. The summed E-state index contributed by atoms with van der Waals surface area (Å²) in [4.78, 5) is 16.6. The Balaban J connectivity index is 1.54.